The second kappa shape index (κ2) is 6.00. The van der Waals surface area contributed by atoms with Crippen molar-refractivity contribution in [2.24, 2.45) is 0 Å². The van der Waals surface area contributed by atoms with Crippen LogP contribution in [0.5, 0.6) is 0 Å². The predicted octanol–water partition coefficient (Wildman–Crippen LogP) is 4.21. The third kappa shape index (κ3) is 3.02. The van der Waals surface area contributed by atoms with Crippen molar-refractivity contribution < 1.29 is 27.5 Å². The van der Waals surface area contributed by atoms with Gasteiger partial charge in [0.1, 0.15) is 11.5 Å². The molecule has 2 saturated heterocycles. The van der Waals surface area contributed by atoms with Crippen molar-refractivity contribution in [1.29, 1.82) is 0 Å². The second-order valence-corrected chi connectivity index (χ2v) is 8.30. The molecule has 1 atom stereocenters. The molecule has 0 radical (unpaired) electrons. The van der Waals surface area contributed by atoms with Gasteiger partial charge in [0.25, 0.3) is 5.91 Å². The predicted molar refractivity (Wildman–Crippen MR) is 94.3 cm³/mol. The lowest BCUT2D eigenvalue weighted by Crippen LogP contribution is -2.46. The van der Waals surface area contributed by atoms with Gasteiger partial charge in [-0.05, 0) is 31.0 Å². The normalized spacial score (nSPS) is 22.6. The minimum absolute atomic E-state index is 0.166. The first-order chi connectivity index (χ1) is 12.6. The summed E-state index contributed by atoms with van der Waals surface area (Å²) in [4.78, 5) is 26.0. The van der Waals surface area contributed by atoms with Crippen LogP contribution in [0.15, 0.2) is 12.1 Å². The number of alkyl carbamates (subject to hydrolysis) is 1. The minimum atomic E-state index is -4.47. The third-order valence-corrected chi connectivity index (χ3v) is 6.55. The Morgan fingerprint density at radius 1 is 1.41 bits per heavy atom. The van der Waals surface area contributed by atoms with Crippen LogP contribution in [0.2, 0.25) is 5.02 Å². The Kier molecular flexibility index (Phi) is 4.08. The highest BCUT2D eigenvalue weighted by Gasteiger charge is 2.47. The van der Waals surface area contributed by atoms with Crippen molar-refractivity contribution >= 4 is 45.0 Å². The van der Waals surface area contributed by atoms with Gasteiger partial charge in [-0.25, -0.2) is 4.79 Å². The maximum absolute atomic E-state index is 13.1. The fraction of sp³-hybridized carbons (Fsp3) is 0.412. The molecule has 0 bridgehead atoms. The number of fused-ring (bicyclic) bond motifs is 1. The Morgan fingerprint density at radius 2 is 2.15 bits per heavy atom. The molecular weight excluding hydrogens is 405 g/mol. The van der Waals surface area contributed by atoms with Gasteiger partial charge in [0.15, 0.2) is 0 Å². The third-order valence-electron chi connectivity index (χ3n) is 4.94. The molecule has 2 aliphatic heterocycles. The summed E-state index contributed by atoms with van der Waals surface area (Å²) in [6, 6.07) is 2.05. The van der Waals surface area contributed by atoms with Gasteiger partial charge in [-0.3, -0.25) is 4.79 Å². The molecule has 2 fully saturated rings. The number of halogens is 4. The molecule has 2 amide bonds. The summed E-state index contributed by atoms with van der Waals surface area (Å²) in [5, 5.41) is 3.36. The zero-order chi connectivity index (χ0) is 19.6. The van der Waals surface area contributed by atoms with E-state index in [-0.39, 0.29) is 29.0 Å². The van der Waals surface area contributed by atoms with Crippen LogP contribution in [0, 0.1) is 6.92 Å². The van der Waals surface area contributed by atoms with Crippen molar-refractivity contribution in [1.82, 2.24) is 10.2 Å². The van der Waals surface area contributed by atoms with Gasteiger partial charge in [-0.1, -0.05) is 11.6 Å². The van der Waals surface area contributed by atoms with Crippen molar-refractivity contribution in [2.45, 2.75) is 25.1 Å². The zero-order valence-corrected chi connectivity index (χ0v) is 15.6. The number of cyclic esters (lactones) is 1. The van der Waals surface area contributed by atoms with E-state index in [0.29, 0.717) is 28.6 Å². The number of likely N-dealkylation sites (tertiary alicyclic amines) is 1. The minimum Gasteiger partial charge on any atom is -0.447 e. The number of ether oxygens (including phenoxy) is 1. The smallest absolute Gasteiger partial charge is 0.416 e. The van der Waals surface area contributed by atoms with Crippen LogP contribution < -0.4 is 5.32 Å². The number of nitrogens with one attached hydrogen (secondary N) is 1. The number of thiophene rings is 1. The fourth-order valence-electron chi connectivity index (χ4n) is 3.59. The number of amides is 2. The Balaban J connectivity index is 1.68. The molecule has 1 aromatic heterocycles. The molecule has 1 unspecified atom stereocenters. The first-order valence-electron chi connectivity index (χ1n) is 8.14. The van der Waals surface area contributed by atoms with Gasteiger partial charge in [0.2, 0.25) is 0 Å². The maximum atomic E-state index is 13.1. The number of alkyl halides is 3. The zero-order valence-electron chi connectivity index (χ0n) is 14.1. The molecule has 1 spiro atoms. The van der Waals surface area contributed by atoms with E-state index in [4.69, 9.17) is 16.3 Å². The molecular formula is C17H14ClF3N2O3S. The van der Waals surface area contributed by atoms with E-state index >= 15 is 0 Å². The van der Waals surface area contributed by atoms with Crippen LogP contribution >= 0.6 is 22.9 Å². The van der Waals surface area contributed by atoms with E-state index in [1.54, 1.807) is 11.8 Å². The summed E-state index contributed by atoms with van der Waals surface area (Å²) in [6.45, 7) is 2.40. The summed E-state index contributed by atoms with van der Waals surface area (Å²) >= 11 is 7.32. The van der Waals surface area contributed by atoms with Crippen LogP contribution in [0.3, 0.4) is 0 Å². The second-order valence-electron chi connectivity index (χ2n) is 6.87. The SMILES string of the molecule is Cc1cc(C(F)(F)F)cc2sc(C(=O)N3CCC4(COC(=O)N4)C3)c(Cl)c12. The quantitative estimate of drug-likeness (QED) is 0.754. The van der Waals surface area contributed by atoms with E-state index in [1.807, 2.05) is 0 Å². The van der Waals surface area contributed by atoms with E-state index in [0.717, 1.165) is 23.5 Å². The van der Waals surface area contributed by atoms with Crippen LogP contribution in [-0.2, 0) is 10.9 Å². The van der Waals surface area contributed by atoms with Crippen LogP contribution in [0.1, 0.15) is 27.2 Å². The average molecular weight is 419 g/mol. The van der Waals surface area contributed by atoms with Crippen molar-refractivity contribution in [3.63, 3.8) is 0 Å². The molecule has 2 aromatic rings. The standard InChI is InChI=1S/C17H14ClF3N2O3S/c1-8-4-9(17(19,20)21)5-10-11(8)12(18)13(27-10)14(24)23-3-2-16(6-23)7-26-15(25)22-16/h4-5H,2-3,6-7H2,1H3,(H,22,25). The Labute approximate surface area is 161 Å². The van der Waals surface area contributed by atoms with Crippen molar-refractivity contribution in [3.8, 4) is 0 Å². The van der Waals surface area contributed by atoms with Gasteiger partial charge in [-0.2, -0.15) is 13.2 Å². The Hall–Kier alpha value is -2.00. The number of benzene rings is 1. The number of carbonyl (C=O) groups excluding carboxylic acids is 2. The molecule has 27 heavy (non-hydrogen) atoms. The number of nitrogens with zero attached hydrogens (tertiary/aromatic N) is 1. The number of hydrogen-bond donors (Lipinski definition) is 1. The molecule has 0 saturated carbocycles. The summed E-state index contributed by atoms with van der Waals surface area (Å²) < 4.78 is 44.4. The van der Waals surface area contributed by atoms with Crippen LogP contribution in [0.4, 0.5) is 18.0 Å². The number of hydrogen-bond acceptors (Lipinski definition) is 4. The Bertz CT molecular complexity index is 974. The molecule has 1 N–H and O–H groups in total. The fourth-order valence-corrected chi connectivity index (χ4v) is 5.27. The van der Waals surface area contributed by atoms with E-state index in [1.165, 1.54) is 0 Å². The lowest BCUT2D eigenvalue weighted by Gasteiger charge is -2.21. The number of aryl methyl sites for hydroxylation is 1. The summed E-state index contributed by atoms with van der Waals surface area (Å²) in [6.07, 6.45) is -4.44. The van der Waals surface area contributed by atoms with E-state index in [9.17, 15) is 22.8 Å². The van der Waals surface area contributed by atoms with Crippen LogP contribution in [0.25, 0.3) is 10.1 Å². The molecule has 10 heteroatoms. The molecule has 0 aliphatic carbocycles. The largest absolute Gasteiger partial charge is 0.447 e. The average Bonchev–Trinajstić information content (AvgIpc) is 3.25. The molecule has 5 nitrogen and oxygen atoms in total. The lowest BCUT2D eigenvalue weighted by molar-refractivity contribution is -0.137. The molecule has 144 valence electrons. The lowest BCUT2D eigenvalue weighted by atomic mass is 10.0. The number of rotatable bonds is 1. The molecule has 4 rings (SSSR count). The van der Waals surface area contributed by atoms with Gasteiger partial charge in [-0.15, -0.1) is 11.3 Å². The van der Waals surface area contributed by atoms with Gasteiger partial charge >= 0.3 is 12.3 Å². The highest BCUT2D eigenvalue weighted by molar-refractivity contribution is 7.21. The topological polar surface area (TPSA) is 58.6 Å². The highest BCUT2D eigenvalue weighted by Crippen LogP contribution is 2.42. The summed E-state index contributed by atoms with van der Waals surface area (Å²) in [5.74, 6) is -0.354. The first-order valence-corrected chi connectivity index (χ1v) is 9.33. The highest BCUT2D eigenvalue weighted by atomic mass is 35.5. The van der Waals surface area contributed by atoms with Crippen molar-refractivity contribution in [2.75, 3.05) is 19.7 Å². The van der Waals surface area contributed by atoms with Crippen molar-refractivity contribution in [3.05, 3.63) is 33.2 Å². The van der Waals surface area contributed by atoms with E-state index < -0.39 is 23.4 Å². The van der Waals surface area contributed by atoms with Gasteiger partial charge in [0, 0.05) is 23.2 Å². The summed E-state index contributed by atoms with van der Waals surface area (Å²) in [5.41, 5.74) is -1.00. The van der Waals surface area contributed by atoms with Crippen LogP contribution in [-0.4, -0.2) is 42.1 Å². The molecule has 2 aliphatic rings. The van der Waals surface area contributed by atoms with Gasteiger partial charge < -0.3 is 15.0 Å². The first kappa shape index (κ1) is 18.4. The van der Waals surface area contributed by atoms with Gasteiger partial charge in [0.05, 0.1) is 16.1 Å². The maximum Gasteiger partial charge on any atom is 0.416 e. The molecule has 1 aromatic carbocycles. The monoisotopic (exact) mass is 418 g/mol. The van der Waals surface area contributed by atoms with E-state index in [2.05, 4.69) is 5.32 Å². The Morgan fingerprint density at radius 3 is 2.78 bits per heavy atom. The summed E-state index contributed by atoms with van der Waals surface area (Å²) in [7, 11) is 0. The number of carbonyl (C=O) groups is 2. The molecule has 3 heterocycles.